The normalized spacial score (nSPS) is 12.2. The van der Waals surface area contributed by atoms with Crippen LogP contribution in [0, 0.1) is 48.5 Å². The highest BCUT2D eigenvalue weighted by Crippen LogP contribution is 2.44. The van der Waals surface area contributed by atoms with E-state index in [2.05, 4.69) is 169 Å². The standard InChI is InChI=1S/C58H45F3N2O2/c1-32-8-14-44(15-9-32)62(48-20-33(2)37(6)34(3)21-48)46-16-10-39-26-50-52-30-57-53(31-56(52)64-54(50)28-41(39)24-46)51-27-40-11-17-47(25-42(40)29-55(51)65-57)63(49-22-35(4)38(7)36(5)23-49)45-18-12-43(13-19-45)58(59,60)61/h8-31H,1-7H3. The van der Waals surface area contributed by atoms with Crippen molar-refractivity contribution in [1.29, 1.82) is 0 Å². The van der Waals surface area contributed by atoms with Crippen LogP contribution in [0.15, 0.2) is 154 Å². The summed E-state index contributed by atoms with van der Waals surface area (Å²) >= 11 is 0. The van der Waals surface area contributed by atoms with E-state index in [1.54, 1.807) is 0 Å². The van der Waals surface area contributed by atoms with Crippen molar-refractivity contribution in [3.63, 3.8) is 0 Å². The fraction of sp³-hybridized carbons (Fsp3) is 0.138. The number of anilines is 6. The molecular weight excluding hydrogens is 814 g/mol. The number of alkyl halides is 3. The number of nitrogens with zero attached hydrogens (tertiary/aromatic N) is 2. The zero-order valence-electron chi connectivity index (χ0n) is 37.2. The Morgan fingerprint density at radius 2 is 0.692 bits per heavy atom. The molecule has 0 saturated heterocycles. The number of benzene rings is 9. The van der Waals surface area contributed by atoms with Crippen molar-refractivity contribution >= 4 is 99.5 Å². The summed E-state index contributed by atoms with van der Waals surface area (Å²) in [5, 5.41) is 8.07. The third kappa shape index (κ3) is 6.85. The van der Waals surface area contributed by atoms with Crippen LogP contribution >= 0.6 is 0 Å². The molecule has 11 rings (SSSR count). The topological polar surface area (TPSA) is 32.8 Å². The van der Waals surface area contributed by atoms with Crippen LogP contribution in [-0.4, -0.2) is 0 Å². The molecule has 0 fully saturated rings. The monoisotopic (exact) mass is 858 g/mol. The van der Waals surface area contributed by atoms with Gasteiger partial charge in [-0.3, -0.25) is 0 Å². The molecule has 0 amide bonds. The van der Waals surface area contributed by atoms with Gasteiger partial charge in [0.25, 0.3) is 0 Å². The highest BCUT2D eigenvalue weighted by Gasteiger charge is 2.30. The number of rotatable bonds is 6. The molecule has 0 atom stereocenters. The minimum atomic E-state index is -4.43. The van der Waals surface area contributed by atoms with Gasteiger partial charge >= 0.3 is 6.18 Å². The maximum Gasteiger partial charge on any atom is 0.416 e. The molecule has 0 N–H and O–H groups in total. The lowest BCUT2D eigenvalue weighted by Gasteiger charge is -2.27. The zero-order valence-corrected chi connectivity index (χ0v) is 37.2. The fourth-order valence-electron chi connectivity index (χ4n) is 9.45. The summed E-state index contributed by atoms with van der Waals surface area (Å²) in [6.07, 6.45) is -4.43. The highest BCUT2D eigenvalue weighted by molar-refractivity contribution is 6.18. The molecule has 0 spiro atoms. The molecule has 0 radical (unpaired) electrons. The molecule has 11 aromatic rings. The third-order valence-electron chi connectivity index (χ3n) is 13.5. The van der Waals surface area contributed by atoms with E-state index in [0.29, 0.717) is 5.69 Å². The Hall–Kier alpha value is -7.51. The van der Waals surface area contributed by atoms with Crippen LogP contribution in [0.1, 0.15) is 44.5 Å². The molecule has 320 valence electrons. The maximum atomic E-state index is 13.6. The summed E-state index contributed by atoms with van der Waals surface area (Å²) in [4.78, 5) is 4.34. The minimum Gasteiger partial charge on any atom is -0.456 e. The van der Waals surface area contributed by atoms with Gasteiger partial charge in [0.2, 0.25) is 0 Å². The SMILES string of the molecule is Cc1ccc(N(c2cc(C)c(C)c(C)c2)c2ccc3cc4c(cc3c2)oc2cc3c(cc24)oc2cc4cc(N(c5ccc(C(F)(F)F)cc5)c5cc(C)c(C)c(C)c5)ccc4cc23)cc1. The number of halogens is 3. The van der Waals surface area contributed by atoms with Gasteiger partial charge in [0.1, 0.15) is 22.3 Å². The molecule has 2 aromatic heterocycles. The Kier molecular flexibility index (Phi) is 9.16. The van der Waals surface area contributed by atoms with Crippen LogP contribution in [0.25, 0.3) is 65.4 Å². The fourth-order valence-corrected chi connectivity index (χ4v) is 9.45. The van der Waals surface area contributed by atoms with Crippen molar-refractivity contribution in [2.24, 2.45) is 0 Å². The smallest absolute Gasteiger partial charge is 0.416 e. The van der Waals surface area contributed by atoms with Crippen molar-refractivity contribution in [3.8, 4) is 0 Å². The van der Waals surface area contributed by atoms with Crippen molar-refractivity contribution < 1.29 is 22.0 Å². The third-order valence-corrected chi connectivity index (χ3v) is 13.5. The van der Waals surface area contributed by atoms with E-state index in [9.17, 15) is 13.2 Å². The van der Waals surface area contributed by atoms with Crippen LogP contribution in [0.2, 0.25) is 0 Å². The van der Waals surface area contributed by atoms with E-state index < -0.39 is 11.7 Å². The van der Waals surface area contributed by atoms with E-state index in [1.165, 1.54) is 39.9 Å². The van der Waals surface area contributed by atoms with Crippen molar-refractivity contribution in [1.82, 2.24) is 0 Å². The average molecular weight is 859 g/mol. The van der Waals surface area contributed by atoms with E-state index in [4.69, 9.17) is 8.83 Å². The Morgan fingerprint density at radius 3 is 1.09 bits per heavy atom. The summed E-state index contributed by atoms with van der Waals surface area (Å²) in [5.74, 6) is 0. The van der Waals surface area contributed by atoms with E-state index in [0.717, 1.165) is 117 Å². The van der Waals surface area contributed by atoms with Gasteiger partial charge in [-0.25, -0.2) is 0 Å². The number of hydrogen-bond donors (Lipinski definition) is 0. The van der Waals surface area contributed by atoms with Crippen LogP contribution in [0.3, 0.4) is 0 Å². The summed E-state index contributed by atoms with van der Waals surface area (Å²) in [6.45, 7) is 14.8. The van der Waals surface area contributed by atoms with Crippen LogP contribution in [-0.2, 0) is 6.18 Å². The van der Waals surface area contributed by atoms with Gasteiger partial charge < -0.3 is 18.6 Å². The van der Waals surface area contributed by atoms with Gasteiger partial charge in [0, 0.05) is 55.7 Å². The molecule has 0 aliphatic heterocycles. The first-order chi connectivity index (χ1) is 31.2. The van der Waals surface area contributed by atoms with Gasteiger partial charge in [-0.1, -0.05) is 29.8 Å². The Labute approximate surface area is 374 Å². The molecule has 0 aliphatic rings. The lowest BCUT2D eigenvalue weighted by Crippen LogP contribution is -2.12. The van der Waals surface area contributed by atoms with Crippen LogP contribution in [0.4, 0.5) is 47.3 Å². The van der Waals surface area contributed by atoms with E-state index in [1.807, 2.05) is 11.0 Å². The summed E-state index contributed by atoms with van der Waals surface area (Å²) < 4.78 is 54.1. The highest BCUT2D eigenvalue weighted by atomic mass is 19.4. The predicted octanol–water partition coefficient (Wildman–Crippen LogP) is 17.9. The average Bonchev–Trinajstić information content (AvgIpc) is 3.81. The Morgan fingerprint density at radius 1 is 0.338 bits per heavy atom. The summed E-state index contributed by atoms with van der Waals surface area (Å²) in [7, 11) is 0. The number of hydrogen-bond acceptors (Lipinski definition) is 4. The second-order valence-electron chi connectivity index (χ2n) is 17.8. The zero-order chi connectivity index (χ0) is 45.1. The molecule has 65 heavy (non-hydrogen) atoms. The molecule has 2 heterocycles. The molecule has 0 saturated carbocycles. The molecule has 0 bridgehead atoms. The van der Waals surface area contributed by atoms with Gasteiger partial charge in [-0.2, -0.15) is 13.2 Å². The quantitative estimate of drug-likeness (QED) is 0.167. The summed E-state index contributed by atoms with van der Waals surface area (Å²) in [5.41, 5.74) is 16.4. The van der Waals surface area contributed by atoms with Gasteiger partial charge in [-0.05, 0) is 225 Å². The first kappa shape index (κ1) is 40.3. The first-order valence-corrected chi connectivity index (χ1v) is 21.9. The molecule has 9 aromatic carbocycles. The van der Waals surface area contributed by atoms with Gasteiger partial charge in [0.05, 0.1) is 5.56 Å². The van der Waals surface area contributed by atoms with Crippen LogP contribution in [0.5, 0.6) is 0 Å². The number of fused-ring (bicyclic) bond motifs is 8. The van der Waals surface area contributed by atoms with Crippen molar-refractivity contribution in [2.45, 2.75) is 54.6 Å². The molecular formula is C58H45F3N2O2. The van der Waals surface area contributed by atoms with E-state index in [-0.39, 0.29) is 0 Å². The molecule has 4 nitrogen and oxygen atoms in total. The molecule has 7 heteroatoms. The van der Waals surface area contributed by atoms with Crippen molar-refractivity contribution in [3.05, 3.63) is 190 Å². The minimum absolute atomic E-state index is 0.629. The van der Waals surface area contributed by atoms with Crippen LogP contribution < -0.4 is 9.80 Å². The predicted molar refractivity (Wildman–Crippen MR) is 264 cm³/mol. The second kappa shape index (κ2) is 14.8. The summed E-state index contributed by atoms with van der Waals surface area (Å²) in [6, 6.07) is 48.2. The van der Waals surface area contributed by atoms with Gasteiger partial charge in [-0.15, -0.1) is 0 Å². The maximum absolute atomic E-state index is 13.6. The molecule has 0 unspecified atom stereocenters. The largest absolute Gasteiger partial charge is 0.456 e. The van der Waals surface area contributed by atoms with Gasteiger partial charge in [0.15, 0.2) is 0 Å². The number of furan rings is 2. The van der Waals surface area contributed by atoms with Crippen molar-refractivity contribution in [2.75, 3.05) is 9.80 Å². The molecule has 0 aliphatic carbocycles. The van der Waals surface area contributed by atoms with E-state index >= 15 is 0 Å². The Bertz CT molecular complexity index is 3680. The lowest BCUT2D eigenvalue weighted by molar-refractivity contribution is -0.137. The first-order valence-electron chi connectivity index (χ1n) is 21.9. The second-order valence-corrected chi connectivity index (χ2v) is 17.8. The Balaban J connectivity index is 0.995. The number of aryl methyl sites for hydroxylation is 5. The lowest BCUT2D eigenvalue weighted by atomic mass is 10.0.